The molecule has 0 unspecified atom stereocenters. The molecule has 0 radical (unpaired) electrons. The van der Waals surface area contributed by atoms with E-state index in [0.29, 0.717) is 11.5 Å². The molecule has 0 fully saturated rings. The molecule has 0 amide bonds. The van der Waals surface area contributed by atoms with Gasteiger partial charge in [-0.3, -0.25) is 0 Å². The fourth-order valence-corrected chi connectivity index (χ4v) is 6.94. The Kier molecular flexibility index (Phi) is 8.78. The van der Waals surface area contributed by atoms with Gasteiger partial charge in [0.2, 0.25) is 0 Å². The first-order valence-corrected chi connectivity index (χ1v) is 15.6. The molecule has 4 rings (SSSR count). The van der Waals surface area contributed by atoms with E-state index in [0.717, 1.165) is 51.7 Å². The second-order valence-corrected chi connectivity index (χ2v) is 14.2. The Morgan fingerprint density at radius 2 is 0.974 bits per heavy atom. The number of thioether (sulfide) groups is 2. The standard InChI is InChI=1S/C33H41FO2S2/c1-32(2,3)27-13-23-12-24-14-28(33(4,5)6)16-26(31(24)36-8)20-38-18-22-11-9-10-21(29(22)34)17-37-19-25(15-27)30(23)35-7/h9-11,13-16H,12,17-20H2,1-8H3. The molecule has 0 aromatic heterocycles. The molecule has 0 spiro atoms. The molecule has 0 atom stereocenters. The lowest BCUT2D eigenvalue weighted by atomic mass is 9.82. The summed E-state index contributed by atoms with van der Waals surface area (Å²) in [6, 6.07) is 15.0. The van der Waals surface area contributed by atoms with E-state index in [2.05, 4.69) is 65.8 Å². The first-order valence-electron chi connectivity index (χ1n) is 13.2. The summed E-state index contributed by atoms with van der Waals surface area (Å²) in [4.78, 5) is 0. The van der Waals surface area contributed by atoms with Crippen LogP contribution in [0.5, 0.6) is 11.5 Å². The van der Waals surface area contributed by atoms with E-state index in [4.69, 9.17) is 9.47 Å². The van der Waals surface area contributed by atoms with Crippen LogP contribution in [-0.2, 0) is 40.3 Å². The molecule has 204 valence electrons. The molecule has 38 heavy (non-hydrogen) atoms. The largest absolute Gasteiger partial charge is 0.496 e. The molecule has 0 N–H and O–H groups in total. The highest BCUT2D eigenvalue weighted by Gasteiger charge is 2.24. The Bertz CT molecular complexity index is 1210. The van der Waals surface area contributed by atoms with Gasteiger partial charge in [0, 0.05) is 40.6 Å². The van der Waals surface area contributed by atoms with Gasteiger partial charge >= 0.3 is 0 Å². The molecule has 3 aromatic rings. The van der Waals surface area contributed by atoms with Crippen LogP contribution in [-0.4, -0.2) is 14.2 Å². The van der Waals surface area contributed by atoms with Gasteiger partial charge in [-0.1, -0.05) is 84.0 Å². The zero-order valence-corrected chi connectivity index (χ0v) is 25.7. The molecule has 1 heterocycles. The molecule has 5 heteroatoms. The smallest absolute Gasteiger partial charge is 0.131 e. The van der Waals surface area contributed by atoms with Crippen LogP contribution < -0.4 is 9.47 Å². The lowest BCUT2D eigenvalue weighted by molar-refractivity contribution is 0.401. The lowest BCUT2D eigenvalue weighted by Gasteiger charge is -2.26. The molecular formula is C33H41FO2S2. The maximum absolute atomic E-state index is 15.5. The van der Waals surface area contributed by atoms with Crippen molar-refractivity contribution in [3.05, 3.63) is 92.8 Å². The number of fused-ring (bicyclic) bond motifs is 6. The van der Waals surface area contributed by atoms with Crippen molar-refractivity contribution >= 4 is 23.5 Å². The normalized spacial score (nSPS) is 14.8. The summed E-state index contributed by atoms with van der Waals surface area (Å²) in [5, 5.41) is 0. The van der Waals surface area contributed by atoms with E-state index in [1.165, 1.54) is 22.3 Å². The molecule has 0 saturated carbocycles. The van der Waals surface area contributed by atoms with E-state index in [-0.39, 0.29) is 16.6 Å². The van der Waals surface area contributed by atoms with Crippen molar-refractivity contribution in [2.75, 3.05) is 14.2 Å². The molecule has 6 bridgehead atoms. The summed E-state index contributed by atoms with van der Waals surface area (Å²) in [6.45, 7) is 13.5. The highest BCUT2D eigenvalue weighted by Crippen LogP contribution is 2.40. The van der Waals surface area contributed by atoms with Crippen molar-refractivity contribution in [3.8, 4) is 11.5 Å². The van der Waals surface area contributed by atoms with Gasteiger partial charge in [-0.25, -0.2) is 4.39 Å². The zero-order chi connectivity index (χ0) is 27.7. The van der Waals surface area contributed by atoms with E-state index in [1.54, 1.807) is 37.7 Å². The highest BCUT2D eigenvalue weighted by molar-refractivity contribution is 7.98. The van der Waals surface area contributed by atoms with Crippen molar-refractivity contribution in [3.63, 3.8) is 0 Å². The minimum atomic E-state index is -0.0770. The Morgan fingerprint density at radius 1 is 0.605 bits per heavy atom. The molecule has 0 saturated heterocycles. The number of halogens is 1. The SMILES string of the molecule is COc1c2cc(C(C)(C)C)cc1Cc1cc(C(C)(C)C)cc(c1OC)CSCc1cccc(c1F)CSC2. The fraction of sp³-hybridized carbons (Fsp3) is 0.455. The minimum absolute atomic E-state index is 0.0130. The van der Waals surface area contributed by atoms with Crippen LogP contribution in [0.1, 0.15) is 86.1 Å². The Hall–Kier alpha value is -2.11. The van der Waals surface area contributed by atoms with Crippen molar-refractivity contribution < 1.29 is 13.9 Å². The first kappa shape index (κ1) is 28.9. The number of ether oxygens (including phenoxy) is 2. The third-order valence-electron chi connectivity index (χ3n) is 7.20. The van der Waals surface area contributed by atoms with E-state index in [1.807, 2.05) is 18.2 Å². The molecular weight excluding hydrogens is 511 g/mol. The predicted octanol–water partition coefficient (Wildman–Crippen LogP) is 9.21. The maximum Gasteiger partial charge on any atom is 0.131 e. The summed E-state index contributed by atoms with van der Waals surface area (Å²) < 4.78 is 27.6. The van der Waals surface area contributed by atoms with Gasteiger partial charge in [-0.2, -0.15) is 23.5 Å². The maximum atomic E-state index is 15.5. The van der Waals surface area contributed by atoms with Gasteiger partial charge < -0.3 is 9.47 Å². The molecule has 0 aliphatic carbocycles. The zero-order valence-electron chi connectivity index (χ0n) is 24.1. The molecule has 2 nitrogen and oxygen atoms in total. The Balaban J connectivity index is 1.94. The lowest BCUT2D eigenvalue weighted by Crippen LogP contribution is -2.15. The fourth-order valence-electron chi connectivity index (χ4n) is 4.98. The molecule has 1 aliphatic heterocycles. The van der Waals surface area contributed by atoms with E-state index < -0.39 is 0 Å². The summed E-state index contributed by atoms with van der Waals surface area (Å²) >= 11 is 3.48. The summed E-state index contributed by atoms with van der Waals surface area (Å²) in [5.41, 5.74) is 8.71. The van der Waals surface area contributed by atoms with Crippen LogP contribution in [0.25, 0.3) is 0 Å². The minimum Gasteiger partial charge on any atom is -0.496 e. The number of benzene rings is 3. The number of methoxy groups -OCH3 is 2. The van der Waals surface area contributed by atoms with Gasteiger partial charge in [-0.15, -0.1) is 0 Å². The van der Waals surface area contributed by atoms with Gasteiger partial charge in [0.1, 0.15) is 17.3 Å². The average Bonchev–Trinajstić information content (AvgIpc) is 2.84. The van der Waals surface area contributed by atoms with Gasteiger partial charge in [-0.05, 0) is 44.2 Å². The Labute approximate surface area is 237 Å². The second kappa shape index (κ2) is 11.6. The van der Waals surface area contributed by atoms with Crippen molar-refractivity contribution in [2.24, 2.45) is 0 Å². The van der Waals surface area contributed by atoms with Gasteiger partial charge in [0.15, 0.2) is 0 Å². The van der Waals surface area contributed by atoms with Crippen molar-refractivity contribution in [1.29, 1.82) is 0 Å². The van der Waals surface area contributed by atoms with Gasteiger partial charge in [0.25, 0.3) is 0 Å². The van der Waals surface area contributed by atoms with Crippen LogP contribution in [0.2, 0.25) is 0 Å². The third-order valence-corrected chi connectivity index (χ3v) is 9.26. The second-order valence-electron chi connectivity index (χ2n) is 12.2. The molecule has 1 aliphatic rings. The van der Waals surface area contributed by atoms with Crippen LogP contribution in [0, 0.1) is 5.82 Å². The third kappa shape index (κ3) is 6.37. The summed E-state index contributed by atoms with van der Waals surface area (Å²) in [5.74, 6) is 4.53. The topological polar surface area (TPSA) is 18.5 Å². The van der Waals surface area contributed by atoms with Crippen LogP contribution in [0.3, 0.4) is 0 Å². The van der Waals surface area contributed by atoms with Crippen molar-refractivity contribution in [1.82, 2.24) is 0 Å². The molecule has 3 aromatic carbocycles. The van der Waals surface area contributed by atoms with E-state index >= 15 is 4.39 Å². The monoisotopic (exact) mass is 552 g/mol. The summed E-state index contributed by atoms with van der Waals surface area (Å²) in [7, 11) is 3.52. The van der Waals surface area contributed by atoms with Crippen LogP contribution >= 0.6 is 23.5 Å². The van der Waals surface area contributed by atoms with E-state index in [9.17, 15) is 0 Å². The first-order chi connectivity index (χ1) is 17.9. The Morgan fingerprint density at radius 3 is 1.34 bits per heavy atom. The van der Waals surface area contributed by atoms with Crippen LogP contribution in [0.4, 0.5) is 4.39 Å². The van der Waals surface area contributed by atoms with Gasteiger partial charge in [0.05, 0.1) is 14.2 Å². The number of rotatable bonds is 2. The average molecular weight is 553 g/mol. The quantitative estimate of drug-likeness (QED) is 0.315. The predicted molar refractivity (Wildman–Crippen MR) is 163 cm³/mol. The van der Waals surface area contributed by atoms with Crippen LogP contribution in [0.15, 0.2) is 42.5 Å². The number of hydrogen-bond acceptors (Lipinski definition) is 4. The highest BCUT2D eigenvalue weighted by atomic mass is 32.2. The summed E-state index contributed by atoms with van der Waals surface area (Å²) in [6.07, 6.45) is 0.725. The number of hydrogen-bond donors (Lipinski definition) is 0. The van der Waals surface area contributed by atoms with Crippen molar-refractivity contribution in [2.45, 2.75) is 81.8 Å².